The number of para-hydroxylation sites is 1. The summed E-state index contributed by atoms with van der Waals surface area (Å²) in [5, 5.41) is 11.0. The second-order valence-electron chi connectivity index (χ2n) is 5.35. The third-order valence-corrected chi connectivity index (χ3v) is 4.24. The van der Waals surface area contributed by atoms with Crippen molar-refractivity contribution in [1.29, 1.82) is 0 Å². The van der Waals surface area contributed by atoms with E-state index in [9.17, 15) is 0 Å². The van der Waals surface area contributed by atoms with E-state index in [1.165, 1.54) is 5.56 Å². The van der Waals surface area contributed by atoms with Gasteiger partial charge in [0, 0.05) is 20.1 Å². The van der Waals surface area contributed by atoms with Crippen LogP contribution in [0, 0.1) is 0 Å². The highest BCUT2D eigenvalue weighted by molar-refractivity contribution is 14.0. The Morgan fingerprint density at radius 3 is 2.67 bits per heavy atom. The van der Waals surface area contributed by atoms with Gasteiger partial charge in [-0.15, -0.1) is 24.0 Å². The molecular formula is C18H26IN3OS. The molecule has 0 saturated carbocycles. The van der Waals surface area contributed by atoms with E-state index in [4.69, 9.17) is 4.74 Å². The van der Waals surface area contributed by atoms with Crippen LogP contribution in [0.2, 0.25) is 0 Å². The normalized spacial score (nSPS) is 12.2. The molecule has 2 aromatic rings. The first-order valence-electron chi connectivity index (χ1n) is 7.94. The maximum Gasteiger partial charge on any atom is 0.190 e. The number of halogens is 1. The third kappa shape index (κ3) is 7.53. The number of aliphatic imine (C=N–C) groups is 1. The molecule has 0 fully saturated rings. The van der Waals surface area contributed by atoms with E-state index in [2.05, 4.69) is 39.4 Å². The van der Waals surface area contributed by atoms with Gasteiger partial charge in [-0.1, -0.05) is 25.1 Å². The Balaban J connectivity index is 0.00000288. The van der Waals surface area contributed by atoms with Crippen molar-refractivity contribution in [1.82, 2.24) is 10.6 Å². The molecule has 6 heteroatoms. The van der Waals surface area contributed by atoms with E-state index >= 15 is 0 Å². The Hall–Kier alpha value is -1.28. The van der Waals surface area contributed by atoms with Crippen molar-refractivity contribution < 1.29 is 4.74 Å². The van der Waals surface area contributed by atoms with Gasteiger partial charge in [-0.05, 0) is 46.9 Å². The van der Waals surface area contributed by atoms with Crippen molar-refractivity contribution in [3.63, 3.8) is 0 Å². The van der Waals surface area contributed by atoms with E-state index in [-0.39, 0.29) is 24.0 Å². The first-order valence-corrected chi connectivity index (χ1v) is 8.88. The largest absolute Gasteiger partial charge is 0.494 e. The molecule has 1 aromatic carbocycles. The summed E-state index contributed by atoms with van der Waals surface area (Å²) < 4.78 is 5.67. The van der Waals surface area contributed by atoms with Crippen LogP contribution >= 0.6 is 35.3 Å². The van der Waals surface area contributed by atoms with Gasteiger partial charge < -0.3 is 15.4 Å². The Morgan fingerprint density at radius 2 is 2.00 bits per heavy atom. The van der Waals surface area contributed by atoms with E-state index in [0.29, 0.717) is 12.5 Å². The molecule has 1 atom stereocenters. The van der Waals surface area contributed by atoms with E-state index < -0.39 is 0 Å². The summed E-state index contributed by atoms with van der Waals surface area (Å²) in [5.74, 6) is 2.23. The summed E-state index contributed by atoms with van der Waals surface area (Å²) in [6, 6.07) is 12.1. The Labute approximate surface area is 165 Å². The highest BCUT2D eigenvalue weighted by atomic mass is 127. The Kier molecular flexibility index (Phi) is 10.5. The van der Waals surface area contributed by atoms with Gasteiger partial charge in [0.1, 0.15) is 5.75 Å². The zero-order valence-electron chi connectivity index (χ0n) is 14.2. The number of ether oxygens (including phenoxy) is 1. The number of thiophene rings is 1. The number of hydrogen-bond donors (Lipinski definition) is 2. The van der Waals surface area contributed by atoms with E-state index in [1.54, 1.807) is 18.4 Å². The van der Waals surface area contributed by atoms with Gasteiger partial charge in [0.25, 0.3) is 0 Å². The van der Waals surface area contributed by atoms with Crippen molar-refractivity contribution in [3.05, 3.63) is 52.7 Å². The quantitative estimate of drug-likeness (QED) is 0.271. The van der Waals surface area contributed by atoms with Gasteiger partial charge in [0.05, 0.1) is 6.61 Å². The maximum atomic E-state index is 5.67. The Bertz CT molecular complexity index is 575. The lowest BCUT2D eigenvalue weighted by Gasteiger charge is -2.15. The molecule has 2 rings (SSSR count). The topological polar surface area (TPSA) is 45.7 Å². The van der Waals surface area contributed by atoms with Crippen molar-refractivity contribution >= 4 is 41.3 Å². The summed E-state index contributed by atoms with van der Waals surface area (Å²) in [6.07, 6.45) is 0.926. The minimum Gasteiger partial charge on any atom is -0.494 e. The van der Waals surface area contributed by atoms with Crippen LogP contribution in [0.25, 0.3) is 0 Å². The molecule has 1 aromatic heterocycles. The van der Waals surface area contributed by atoms with Gasteiger partial charge in [-0.2, -0.15) is 11.3 Å². The van der Waals surface area contributed by atoms with Gasteiger partial charge in [-0.25, -0.2) is 0 Å². The molecule has 24 heavy (non-hydrogen) atoms. The maximum absolute atomic E-state index is 5.67. The van der Waals surface area contributed by atoms with Crippen molar-refractivity contribution in [2.75, 3.05) is 26.7 Å². The zero-order chi connectivity index (χ0) is 16.3. The average Bonchev–Trinajstić information content (AvgIpc) is 3.12. The molecule has 0 saturated heterocycles. The van der Waals surface area contributed by atoms with Crippen LogP contribution in [0.1, 0.15) is 24.8 Å². The number of benzene rings is 1. The predicted octanol–water partition coefficient (Wildman–Crippen LogP) is 4.10. The lowest BCUT2D eigenvalue weighted by Crippen LogP contribution is -2.39. The monoisotopic (exact) mass is 459 g/mol. The fraction of sp³-hybridized carbons (Fsp3) is 0.389. The number of nitrogens with one attached hydrogen (secondary N) is 2. The second-order valence-corrected chi connectivity index (χ2v) is 6.13. The number of rotatable bonds is 8. The van der Waals surface area contributed by atoms with Crippen LogP contribution in [-0.2, 0) is 0 Å². The zero-order valence-corrected chi connectivity index (χ0v) is 17.3. The third-order valence-electron chi connectivity index (χ3n) is 3.54. The minimum atomic E-state index is 0. The van der Waals surface area contributed by atoms with Crippen molar-refractivity contribution in [3.8, 4) is 5.75 Å². The van der Waals surface area contributed by atoms with Crippen LogP contribution in [0.15, 0.2) is 52.2 Å². The average molecular weight is 459 g/mol. The van der Waals surface area contributed by atoms with Crippen molar-refractivity contribution in [2.45, 2.75) is 19.3 Å². The van der Waals surface area contributed by atoms with Gasteiger partial charge in [0.2, 0.25) is 0 Å². The summed E-state index contributed by atoms with van der Waals surface area (Å²) in [5.41, 5.74) is 1.37. The van der Waals surface area contributed by atoms with Crippen LogP contribution in [0.5, 0.6) is 5.75 Å². The van der Waals surface area contributed by atoms with Gasteiger partial charge >= 0.3 is 0 Å². The summed E-state index contributed by atoms with van der Waals surface area (Å²) in [4.78, 5) is 4.25. The van der Waals surface area contributed by atoms with Gasteiger partial charge in [-0.3, -0.25) is 4.99 Å². The molecule has 4 nitrogen and oxygen atoms in total. The van der Waals surface area contributed by atoms with Gasteiger partial charge in [0.15, 0.2) is 5.96 Å². The number of guanidine groups is 1. The fourth-order valence-electron chi connectivity index (χ4n) is 2.13. The molecule has 0 aliphatic heterocycles. The molecule has 132 valence electrons. The number of hydrogen-bond acceptors (Lipinski definition) is 3. The van der Waals surface area contributed by atoms with Crippen LogP contribution in [-0.4, -0.2) is 32.7 Å². The lowest BCUT2D eigenvalue weighted by molar-refractivity contribution is 0.311. The standard InChI is InChI=1S/C18H25N3OS.HI/c1-15(16-9-12-23-14-16)13-21-18(19-2)20-10-6-11-22-17-7-4-3-5-8-17;/h3-5,7-9,12,14-15H,6,10-11,13H2,1-2H3,(H2,19,20,21);1H. The highest BCUT2D eigenvalue weighted by Crippen LogP contribution is 2.16. The summed E-state index contributed by atoms with van der Waals surface area (Å²) in [7, 11) is 1.80. The van der Waals surface area contributed by atoms with Crippen LogP contribution in [0.3, 0.4) is 0 Å². The first-order chi connectivity index (χ1) is 11.3. The summed E-state index contributed by atoms with van der Waals surface area (Å²) in [6.45, 7) is 4.62. The SMILES string of the molecule is CN=C(NCCCOc1ccccc1)NCC(C)c1ccsc1.I. The lowest BCUT2D eigenvalue weighted by atomic mass is 10.1. The van der Waals surface area contributed by atoms with Crippen LogP contribution in [0.4, 0.5) is 0 Å². The first kappa shape index (κ1) is 20.8. The smallest absolute Gasteiger partial charge is 0.190 e. The fourth-order valence-corrected chi connectivity index (χ4v) is 2.91. The second kappa shape index (κ2) is 12.1. The molecule has 0 radical (unpaired) electrons. The molecular weight excluding hydrogens is 433 g/mol. The van der Waals surface area contributed by atoms with Crippen LogP contribution < -0.4 is 15.4 Å². The summed E-state index contributed by atoms with van der Waals surface area (Å²) >= 11 is 1.74. The Morgan fingerprint density at radius 1 is 1.21 bits per heavy atom. The molecule has 0 spiro atoms. The minimum absolute atomic E-state index is 0. The number of nitrogens with zero attached hydrogens (tertiary/aromatic N) is 1. The molecule has 0 aliphatic rings. The molecule has 2 N–H and O–H groups in total. The molecule has 1 heterocycles. The molecule has 0 amide bonds. The van der Waals surface area contributed by atoms with Crippen molar-refractivity contribution in [2.24, 2.45) is 4.99 Å². The predicted molar refractivity (Wildman–Crippen MR) is 114 cm³/mol. The highest BCUT2D eigenvalue weighted by Gasteiger charge is 2.06. The van der Waals surface area contributed by atoms with E-state index in [1.807, 2.05) is 30.3 Å². The molecule has 0 aliphatic carbocycles. The van der Waals surface area contributed by atoms with E-state index in [0.717, 1.165) is 31.2 Å². The molecule has 0 bridgehead atoms. The molecule has 1 unspecified atom stereocenters.